The van der Waals surface area contributed by atoms with Gasteiger partial charge in [-0.2, -0.15) is 0 Å². The zero-order valence-corrected chi connectivity index (χ0v) is 17.3. The average Bonchev–Trinajstić information content (AvgIpc) is 3.12. The summed E-state index contributed by atoms with van der Waals surface area (Å²) in [6, 6.07) is 11.2. The number of amides is 1. The second kappa shape index (κ2) is 8.32. The molecule has 0 bridgehead atoms. The van der Waals surface area contributed by atoms with Crippen molar-refractivity contribution in [3.63, 3.8) is 0 Å². The number of thioether (sulfide) groups is 1. The van der Waals surface area contributed by atoms with Crippen molar-refractivity contribution < 1.29 is 18.0 Å². The normalized spacial score (nSPS) is 12.6. The number of nitrogens with zero attached hydrogens (tertiary/aromatic N) is 2. The third-order valence-corrected chi connectivity index (χ3v) is 5.20. The predicted molar refractivity (Wildman–Crippen MR) is 109 cm³/mol. The van der Waals surface area contributed by atoms with E-state index in [9.17, 15) is 13.6 Å². The van der Waals surface area contributed by atoms with Crippen LogP contribution in [-0.4, -0.2) is 21.4 Å². The summed E-state index contributed by atoms with van der Waals surface area (Å²) in [6.07, 6.45) is 0. The molecule has 29 heavy (non-hydrogen) atoms. The lowest BCUT2D eigenvalue weighted by Crippen LogP contribution is -2.23. The van der Waals surface area contributed by atoms with Crippen LogP contribution in [0.25, 0.3) is 11.5 Å². The molecule has 1 atom stereocenters. The number of carbonyl (C=O) groups is 1. The Balaban J connectivity index is 1.67. The minimum absolute atomic E-state index is 0.0366. The number of hydrogen-bond acceptors (Lipinski definition) is 5. The van der Waals surface area contributed by atoms with E-state index in [1.54, 1.807) is 6.92 Å². The maximum Gasteiger partial charge on any atom is 0.277 e. The molecular formula is C21H21F2N3O2S. The van der Waals surface area contributed by atoms with E-state index in [4.69, 9.17) is 4.42 Å². The molecule has 0 unspecified atom stereocenters. The molecule has 0 aliphatic rings. The Kier molecular flexibility index (Phi) is 6.02. The quantitative estimate of drug-likeness (QED) is 0.561. The average molecular weight is 417 g/mol. The van der Waals surface area contributed by atoms with Gasteiger partial charge < -0.3 is 9.73 Å². The van der Waals surface area contributed by atoms with E-state index < -0.39 is 28.5 Å². The Morgan fingerprint density at radius 2 is 1.69 bits per heavy atom. The van der Waals surface area contributed by atoms with E-state index in [1.807, 2.05) is 24.3 Å². The van der Waals surface area contributed by atoms with Gasteiger partial charge in [-0.05, 0) is 42.2 Å². The first-order chi connectivity index (χ1) is 13.6. The van der Waals surface area contributed by atoms with Crippen molar-refractivity contribution in [2.75, 3.05) is 5.32 Å². The summed E-state index contributed by atoms with van der Waals surface area (Å²) in [4.78, 5) is 12.3. The summed E-state index contributed by atoms with van der Waals surface area (Å²) in [5.41, 5.74) is 1.51. The first kappa shape index (κ1) is 21.0. The summed E-state index contributed by atoms with van der Waals surface area (Å²) >= 11 is 1.01. The highest BCUT2D eigenvalue weighted by Crippen LogP contribution is 2.29. The molecule has 1 N–H and O–H groups in total. The second-order valence-corrected chi connectivity index (χ2v) is 8.84. The van der Waals surface area contributed by atoms with Gasteiger partial charge in [0.25, 0.3) is 5.22 Å². The molecular weight excluding hydrogens is 396 g/mol. The predicted octanol–water partition coefficient (Wildman–Crippen LogP) is 5.43. The largest absolute Gasteiger partial charge is 0.411 e. The van der Waals surface area contributed by atoms with E-state index in [1.165, 1.54) is 11.6 Å². The van der Waals surface area contributed by atoms with Crippen molar-refractivity contribution in [1.82, 2.24) is 10.2 Å². The lowest BCUT2D eigenvalue weighted by molar-refractivity contribution is -0.115. The number of benzene rings is 2. The molecule has 1 aromatic heterocycles. The zero-order valence-electron chi connectivity index (χ0n) is 16.5. The van der Waals surface area contributed by atoms with Gasteiger partial charge in [0.2, 0.25) is 11.8 Å². The summed E-state index contributed by atoms with van der Waals surface area (Å²) in [7, 11) is 0. The molecule has 0 aliphatic carbocycles. The lowest BCUT2D eigenvalue weighted by Gasteiger charge is -2.18. The number of nitrogens with one attached hydrogen (secondary N) is 1. The van der Waals surface area contributed by atoms with Gasteiger partial charge in [-0.25, -0.2) is 8.78 Å². The number of para-hydroxylation sites is 1. The maximum atomic E-state index is 13.7. The van der Waals surface area contributed by atoms with Crippen LogP contribution in [0.4, 0.5) is 14.5 Å². The van der Waals surface area contributed by atoms with Crippen molar-refractivity contribution in [3.05, 3.63) is 59.7 Å². The molecule has 0 radical (unpaired) electrons. The molecule has 1 amide bonds. The molecule has 5 nitrogen and oxygen atoms in total. The van der Waals surface area contributed by atoms with Crippen molar-refractivity contribution in [2.45, 2.75) is 43.6 Å². The van der Waals surface area contributed by atoms with E-state index in [-0.39, 0.29) is 10.6 Å². The third-order valence-electron chi connectivity index (χ3n) is 4.26. The van der Waals surface area contributed by atoms with Crippen molar-refractivity contribution >= 4 is 23.4 Å². The van der Waals surface area contributed by atoms with Crippen LogP contribution in [0.3, 0.4) is 0 Å². The molecule has 8 heteroatoms. The van der Waals surface area contributed by atoms with Gasteiger partial charge in [-0.3, -0.25) is 4.79 Å². The van der Waals surface area contributed by atoms with Crippen LogP contribution < -0.4 is 5.32 Å². The van der Waals surface area contributed by atoms with Gasteiger partial charge in [0.05, 0.1) is 5.25 Å². The fraction of sp³-hybridized carbons (Fsp3) is 0.286. The second-order valence-electron chi connectivity index (χ2n) is 7.55. The van der Waals surface area contributed by atoms with Gasteiger partial charge in [-0.1, -0.05) is 50.7 Å². The lowest BCUT2D eigenvalue weighted by atomic mass is 9.87. The molecule has 3 aromatic rings. The molecule has 0 saturated carbocycles. The Hall–Kier alpha value is -2.74. The number of hydrogen-bond donors (Lipinski definition) is 1. The highest BCUT2D eigenvalue weighted by molar-refractivity contribution is 8.00. The highest BCUT2D eigenvalue weighted by Gasteiger charge is 2.21. The Morgan fingerprint density at radius 1 is 1.07 bits per heavy atom. The molecule has 0 spiro atoms. The van der Waals surface area contributed by atoms with Crippen LogP contribution in [0.5, 0.6) is 0 Å². The number of rotatable bonds is 5. The van der Waals surface area contributed by atoms with Gasteiger partial charge in [0.15, 0.2) is 0 Å². The number of anilines is 1. The Bertz CT molecular complexity index is 993. The Morgan fingerprint density at radius 3 is 2.28 bits per heavy atom. The van der Waals surface area contributed by atoms with Gasteiger partial charge in [0.1, 0.15) is 17.3 Å². The van der Waals surface area contributed by atoms with Crippen molar-refractivity contribution in [3.8, 4) is 11.5 Å². The molecule has 3 rings (SSSR count). The standard InChI is InChI=1S/C21H21F2N3O2S/c1-12(18(27)24-17-15(22)6-5-7-16(17)23)29-20-26-25-19(28-20)13-8-10-14(11-9-13)21(2,3)4/h5-12H,1-4H3,(H,24,27)/t12-/m0/s1. The minimum Gasteiger partial charge on any atom is -0.411 e. The molecule has 152 valence electrons. The van der Waals surface area contributed by atoms with Crippen LogP contribution in [0.1, 0.15) is 33.3 Å². The third kappa shape index (κ3) is 5.00. The minimum atomic E-state index is -0.839. The van der Waals surface area contributed by atoms with Crippen molar-refractivity contribution in [1.29, 1.82) is 0 Å². The van der Waals surface area contributed by atoms with E-state index >= 15 is 0 Å². The summed E-state index contributed by atoms with van der Waals surface area (Å²) in [5.74, 6) is -1.92. The molecule has 0 aliphatic heterocycles. The Labute approximate surface area is 171 Å². The summed E-state index contributed by atoms with van der Waals surface area (Å²) in [6.45, 7) is 7.97. The first-order valence-corrected chi connectivity index (χ1v) is 9.89. The first-order valence-electron chi connectivity index (χ1n) is 9.01. The molecule has 0 saturated heterocycles. The van der Waals surface area contributed by atoms with Crippen LogP contribution in [0.2, 0.25) is 0 Å². The summed E-state index contributed by atoms with van der Waals surface area (Å²) in [5, 5.41) is 9.71. The fourth-order valence-electron chi connectivity index (χ4n) is 2.53. The topological polar surface area (TPSA) is 68.0 Å². The van der Waals surface area contributed by atoms with Crippen LogP contribution in [-0.2, 0) is 10.2 Å². The molecule has 2 aromatic carbocycles. The van der Waals surface area contributed by atoms with Crippen molar-refractivity contribution in [2.24, 2.45) is 0 Å². The van der Waals surface area contributed by atoms with E-state index in [2.05, 4.69) is 36.3 Å². The molecule has 1 heterocycles. The zero-order chi connectivity index (χ0) is 21.2. The SMILES string of the molecule is C[C@H](Sc1nnc(-c2ccc(C(C)(C)C)cc2)o1)C(=O)Nc1c(F)cccc1F. The number of halogens is 2. The van der Waals surface area contributed by atoms with Crippen LogP contribution in [0, 0.1) is 11.6 Å². The number of carbonyl (C=O) groups excluding carboxylic acids is 1. The van der Waals surface area contributed by atoms with Gasteiger partial charge >= 0.3 is 0 Å². The smallest absolute Gasteiger partial charge is 0.277 e. The highest BCUT2D eigenvalue weighted by atomic mass is 32.2. The number of aromatic nitrogens is 2. The van der Waals surface area contributed by atoms with Crippen LogP contribution in [0.15, 0.2) is 52.1 Å². The van der Waals surface area contributed by atoms with Gasteiger partial charge in [-0.15, -0.1) is 10.2 Å². The van der Waals surface area contributed by atoms with E-state index in [0.717, 1.165) is 29.5 Å². The maximum absolute atomic E-state index is 13.7. The van der Waals surface area contributed by atoms with Crippen LogP contribution >= 0.6 is 11.8 Å². The fourth-order valence-corrected chi connectivity index (χ4v) is 3.22. The monoisotopic (exact) mass is 417 g/mol. The van der Waals surface area contributed by atoms with E-state index in [0.29, 0.717) is 5.89 Å². The summed E-state index contributed by atoms with van der Waals surface area (Å²) < 4.78 is 33.0. The van der Waals surface area contributed by atoms with Gasteiger partial charge in [0, 0.05) is 5.56 Å². The molecule has 0 fully saturated rings.